The van der Waals surface area contributed by atoms with Crippen molar-refractivity contribution in [2.75, 3.05) is 47.1 Å². The number of carbonyl (C=O) groups excluding carboxylic acids is 1. The van der Waals surface area contributed by atoms with Crippen molar-refractivity contribution in [3.8, 4) is 11.5 Å². The summed E-state index contributed by atoms with van der Waals surface area (Å²) in [5, 5.41) is 3.47. The smallest absolute Gasteiger partial charge is 0.254 e. The van der Waals surface area contributed by atoms with Crippen LogP contribution in [0.2, 0.25) is 0 Å². The highest BCUT2D eigenvalue weighted by Crippen LogP contribution is 2.30. The molecule has 28 heavy (non-hydrogen) atoms. The second kappa shape index (κ2) is 11.3. The van der Waals surface area contributed by atoms with E-state index >= 15 is 0 Å². The highest BCUT2D eigenvalue weighted by atomic mass is 16.5. The Morgan fingerprint density at radius 3 is 2.57 bits per heavy atom. The first kappa shape index (κ1) is 22.5. The van der Waals surface area contributed by atoms with Gasteiger partial charge in [-0.15, -0.1) is 0 Å². The zero-order chi connectivity index (χ0) is 20.5. The van der Waals surface area contributed by atoms with E-state index in [0.29, 0.717) is 42.1 Å². The molecule has 1 fully saturated rings. The van der Waals surface area contributed by atoms with Gasteiger partial charge in [0.15, 0.2) is 11.5 Å². The van der Waals surface area contributed by atoms with Crippen LogP contribution in [0.25, 0.3) is 0 Å². The third kappa shape index (κ3) is 5.85. The lowest BCUT2D eigenvalue weighted by atomic mass is 9.92. The Hall–Kier alpha value is -1.79. The van der Waals surface area contributed by atoms with E-state index < -0.39 is 0 Å². The van der Waals surface area contributed by atoms with Gasteiger partial charge in [0.05, 0.1) is 13.7 Å². The molecular weight excluding hydrogens is 356 g/mol. The molecule has 1 amide bonds. The minimum atomic E-state index is 0.0427. The standard InChI is InChI=1S/C22H36N2O4/c1-6-17-13-23-14-19(17)15-24(16(2)3)22(25)18-8-9-20(27-5)21(12-18)28-11-7-10-26-4/h8-9,12,16-17,19,23H,6-7,10-11,13-15H2,1-5H3/t17?,19-/m0/s1. The van der Waals surface area contributed by atoms with Gasteiger partial charge in [-0.3, -0.25) is 4.79 Å². The summed E-state index contributed by atoms with van der Waals surface area (Å²) in [6.45, 7) is 10.3. The van der Waals surface area contributed by atoms with Crippen molar-refractivity contribution >= 4 is 5.91 Å². The van der Waals surface area contributed by atoms with Crippen molar-refractivity contribution in [1.82, 2.24) is 10.2 Å². The number of nitrogens with zero attached hydrogens (tertiary/aromatic N) is 1. The molecule has 0 bridgehead atoms. The van der Waals surface area contributed by atoms with Crippen molar-refractivity contribution < 1.29 is 19.0 Å². The monoisotopic (exact) mass is 392 g/mol. The van der Waals surface area contributed by atoms with E-state index in [2.05, 4.69) is 26.1 Å². The Kier molecular flexibility index (Phi) is 9.06. The van der Waals surface area contributed by atoms with Gasteiger partial charge in [0.2, 0.25) is 0 Å². The van der Waals surface area contributed by atoms with Crippen LogP contribution < -0.4 is 14.8 Å². The van der Waals surface area contributed by atoms with Crippen LogP contribution in [0.4, 0.5) is 0 Å². The Labute approximate surface area is 169 Å². The second-order valence-electron chi connectivity index (χ2n) is 7.70. The second-order valence-corrected chi connectivity index (χ2v) is 7.70. The van der Waals surface area contributed by atoms with Crippen molar-refractivity contribution in [1.29, 1.82) is 0 Å². The van der Waals surface area contributed by atoms with E-state index in [4.69, 9.17) is 14.2 Å². The highest BCUT2D eigenvalue weighted by molar-refractivity contribution is 5.95. The first-order valence-corrected chi connectivity index (χ1v) is 10.3. The SMILES string of the molecule is CCC1CNC[C@H]1CN(C(=O)c1ccc(OC)c(OCCCOC)c1)C(C)C. The van der Waals surface area contributed by atoms with Gasteiger partial charge in [-0.05, 0) is 57.0 Å². The molecular formula is C22H36N2O4. The minimum absolute atomic E-state index is 0.0427. The molecule has 6 heteroatoms. The number of carbonyl (C=O) groups is 1. The van der Waals surface area contributed by atoms with E-state index in [0.717, 1.165) is 32.5 Å². The number of rotatable bonds is 11. The van der Waals surface area contributed by atoms with Gasteiger partial charge in [0.1, 0.15) is 0 Å². The van der Waals surface area contributed by atoms with Gasteiger partial charge < -0.3 is 24.4 Å². The van der Waals surface area contributed by atoms with Crippen molar-refractivity contribution in [3.05, 3.63) is 23.8 Å². The molecule has 158 valence electrons. The number of amides is 1. The Morgan fingerprint density at radius 1 is 1.18 bits per heavy atom. The predicted octanol–water partition coefficient (Wildman–Crippen LogP) is 3.21. The average molecular weight is 393 g/mol. The number of methoxy groups -OCH3 is 2. The summed E-state index contributed by atoms with van der Waals surface area (Å²) < 4.78 is 16.3. The van der Waals surface area contributed by atoms with Gasteiger partial charge in [-0.2, -0.15) is 0 Å². The molecule has 1 aliphatic rings. The fourth-order valence-corrected chi connectivity index (χ4v) is 3.73. The number of benzene rings is 1. The van der Waals surface area contributed by atoms with Crippen molar-refractivity contribution in [2.24, 2.45) is 11.8 Å². The van der Waals surface area contributed by atoms with Crippen molar-refractivity contribution in [3.63, 3.8) is 0 Å². The van der Waals surface area contributed by atoms with Crippen LogP contribution in [-0.2, 0) is 4.74 Å². The Morgan fingerprint density at radius 2 is 1.93 bits per heavy atom. The fourth-order valence-electron chi connectivity index (χ4n) is 3.73. The molecule has 2 atom stereocenters. The summed E-state index contributed by atoms with van der Waals surface area (Å²) >= 11 is 0. The molecule has 0 aromatic heterocycles. The van der Waals surface area contributed by atoms with E-state index in [1.54, 1.807) is 20.3 Å². The highest BCUT2D eigenvalue weighted by Gasteiger charge is 2.30. The van der Waals surface area contributed by atoms with Gasteiger partial charge in [-0.25, -0.2) is 0 Å². The molecule has 1 heterocycles. The number of hydrogen-bond donors (Lipinski definition) is 1. The molecule has 0 aliphatic carbocycles. The van der Waals surface area contributed by atoms with Crippen LogP contribution in [-0.4, -0.2) is 63.9 Å². The normalized spacial score (nSPS) is 19.1. The molecule has 0 spiro atoms. The van der Waals surface area contributed by atoms with E-state index in [1.807, 2.05) is 17.0 Å². The minimum Gasteiger partial charge on any atom is -0.493 e. The van der Waals surface area contributed by atoms with Crippen LogP contribution in [0.5, 0.6) is 11.5 Å². The lowest BCUT2D eigenvalue weighted by Crippen LogP contribution is -2.42. The molecule has 1 aromatic rings. The fraction of sp³-hybridized carbons (Fsp3) is 0.682. The lowest BCUT2D eigenvalue weighted by Gasteiger charge is -2.31. The predicted molar refractivity (Wildman–Crippen MR) is 111 cm³/mol. The number of hydrogen-bond acceptors (Lipinski definition) is 5. The average Bonchev–Trinajstić information content (AvgIpc) is 3.15. The maximum absolute atomic E-state index is 13.3. The van der Waals surface area contributed by atoms with E-state index in [1.165, 1.54) is 0 Å². The molecule has 0 radical (unpaired) electrons. The van der Waals surface area contributed by atoms with Crippen LogP contribution in [0.3, 0.4) is 0 Å². The molecule has 6 nitrogen and oxygen atoms in total. The Balaban J connectivity index is 2.14. The van der Waals surface area contributed by atoms with Crippen LogP contribution >= 0.6 is 0 Å². The quantitative estimate of drug-likeness (QED) is 0.586. The molecule has 2 rings (SSSR count). The molecule has 1 aliphatic heterocycles. The third-order valence-corrected chi connectivity index (χ3v) is 5.48. The first-order chi connectivity index (χ1) is 13.5. The summed E-state index contributed by atoms with van der Waals surface area (Å²) in [5.41, 5.74) is 0.634. The zero-order valence-electron chi connectivity index (χ0n) is 18.0. The molecule has 1 aromatic carbocycles. The Bertz CT molecular complexity index is 621. The summed E-state index contributed by atoms with van der Waals surface area (Å²) in [4.78, 5) is 15.3. The van der Waals surface area contributed by atoms with Gasteiger partial charge in [-0.1, -0.05) is 13.3 Å². The summed E-state index contributed by atoms with van der Waals surface area (Å²) in [7, 11) is 3.28. The van der Waals surface area contributed by atoms with Gasteiger partial charge >= 0.3 is 0 Å². The molecule has 1 unspecified atom stereocenters. The topological polar surface area (TPSA) is 60.0 Å². The maximum atomic E-state index is 13.3. The molecule has 0 saturated carbocycles. The summed E-state index contributed by atoms with van der Waals surface area (Å²) in [5.74, 6) is 2.41. The summed E-state index contributed by atoms with van der Waals surface area (Å²) in [6.07, 6.45) is 1.92. The van der Waals surface area contributed by atoms with E-state index in [9.17, 15) is 4.79 Å². The summed E-state index contributed by atoms with van der Waals surface area (Å²) in [6, 6.07) is 5.57. The van der Waals surface area contributed by atoms with Crippen molar-refractivity contribution in [2.45, 2.75) is 39.7 Å². The maximum Gasteiger partial charge on any atom is 0.254 e. The van der Waals surface area contributed by atoms with Gasteiger partial charge in [0.25, 0.3) is 5.91 Å². The van der Waals surface area contributed by atoms with Crippen LogP contribution in [0.1, 0.15) is 44.0 Å². The number of nitrogens with one attached hydrogen (secondary N) is 1. The molecule has 1 N–H and O–H groups in total. The zero-order valence-corrected chi connectivity index (χ0v) is 18.0. The first-order valence-electron chi connectivity index (χ1n) is 10.3. The third-order valence-electron chi connectivity index (χ3n) is 5.48. The van der Waals surface area contributed by atoms with Crippen LogP contribution in [0.15, 0.2) is 18.2 Å². The van der Waals surface area contributed by atoms with Crippen LogP contribution in [0, 0.1) is 11.8 Å². The lowest BCUT2D eigenvalue weighted by molar-refractivity contribution is 0.0660. The molecule has 1 saturated heterocycles. The largest absolute Gasteiger partial charge is 0.493 e. The van der Waals surface area contributed by atoms with E-state index in [-0.39, 0.29) is 11.9 Å². The number of ether oxygens (including phenoxy) is 3. The van der Waals surface area contributed by atoms with Gasteiger partial charge in [0, 0.05) is 38.3 Å².